The van der Waals surface area contributed by atoms with Gasteiger partial charge in [-0.25, -0.2) is 14.4 Å². The van der Waals surface area contributed by atoms with E-state index in [-0.39, 0.29) is 24.1 Å². The quantitative estimate of drug-likeness (QED) is 0.948. The summed E-state index contributed by atoms with van der Waals surface area (Å²) in [7, 11) is 0. The van der Waals surface area contributed by atoms with E-state index in [1.165, 1.54) is 24.5 Å². The summed E-state index contributed by atoms with van der Waals surface area (Å²) in [5, 5.41) is 2.56. The van der Waals surface area contributed by atoms with Crippen LogP contribution in [0.4, 0.5) is 10.3 Å². The lowest BCUT2D eigenvalue weighted by molar-refractivity contribution is -0.115. The molecule has 18 heavy (non-hydrogen) atoms. The number of anilines is 1. The number of rotatable bonds is 3. The van der Waals surface area contributed by atoms with Gasteiger partial charge in [-0.15, -0.1) is 0 Å². The third kappa shape index (κ3) is 3.33. The first-order chi connectivity index (χ1) is 8.65. The number of carbonyl (C=O) groups excluding carboxylic acids is 1. The Morgan fingerprint density at radius 2 is 2.06 bits per heavy atom. The fourth-order valence-electron chi connectivity index (χ4n) is 1.37. The summed E-state index contributed by atoms with van der Waals surface area (Å²) in [6, 6.07) is 5.85. The maximum atomic E-state index is 12.9. The van der Waals surface area contributed by atoms with Gasteiger partial charge in [0.15, 0.2) is 0 Å². The zero-order valence-corrected chi connectivity index (χ0v) is 10.8. The molecule has 0 aliphatic rings. The molecule has 1 heterocycles. The van der Waals surface area contributed by atoms with E-state index in [9.17, 15) is 9.18 Å². The van der Waals surface area contributed by atoms with E-state index in [0.717, 1.165) is 0 Å². The molecule has 2 rings (SSSR count). The van der Waals surface area contributed by atoms with Gasteiger partial charge in [-0.05, 0) is 23.8 Å². The van der Waals surface area contributed by atoms with Crippen LogP contribution in [0.5, 0.6) is 0 Å². The lowest BCUT2D eigenvalue weighted by Gasteiger charge is -2.05. The molecule has 0 atom stereocenters. The van der Waals surface area contributed by atoms with Gasteiger partial charge >= 0.3 is 0 Å². The molecule has 0 aliphatic heterocycles. The molecule has 0 fully saturated rings. The van der Waals surface area contributed by atoms with Crippen molar-refractivity contribution in [2.24, 2.45) is 0 Å². The second kappa shape index (κ2) is 5.68. The van der Waals surface area contributed by atoms with Gasteiger partial charge in [0.25, 0.3) is 0 Å². The van der Waals surface area contributed by atoms with Gasteiger partial charge in [0.2, 0.25) is 11.9 Å². The summed E-state index contributed by atoms with van der Waals surface area (Å²) in [5.74, 6) is -0.355. The van der Waals surface area contributed by atoms with Crippen LogP contribution < -0.4 is 5.32 Å². The standard InChI is InChI=1S/C12H9BrFN3O/c13-10-7-9(14)3-2-8(10)6-11(18)17-12-15-4-1-5-16-12/h1-5,7H,6H2,(H,15,16,17,18). The van der Waals surface area contributed by atoms with Crippen LogP contribution in [-0.2, 0) is 11.2 Å². The number of hydrogen-bond donors (Lipinski definition) is 1. The number of amides is 1. The van der Waals surface area contributed by atoms with Crippen LogP contribution in [0.3, 0.4) is 0 Å². The molecule has 0 saturated carbocycles. The van der Waals surface area contributed by atoms with Crippen LogP contribution in [0.15, 0.2) is 41.1 Å². The highest BCUT2D eigenvalue weighted by molar-refractivity contribution is 9.10. The van der Waals surface area contributed by atoms with E-state index < -0.39 is 0 Å². The SMILES string of the molecule is O=C(Cc1ccc(F)cc1Br)Nc1ncccn1. The van der Waals surface area contributed by atoms with E-state index in [1.54, 1.807) is 12.1 Å². The average molecular weight is 310 g/mol. The lowest BCUT2D eigenvalue weighted by Crippen LogP contribution is -2.16. The van der Waals surface area contributed by atoms with E-state index >= 15 is 0 Å². The van der Waals surface area contributed by atoms with Crippen molar-refractivity contribution in [1.82, 2.24) is 9.97 Å². The number of aromatic nitrogens is 2. The molecule has 1 N–H and O–H groups in total. The normalized spacial score (nSPS) is 10.1. The molecule has 1 aromatic carbocycles. The van der Waals surface area contributed by atoms with Crippen molar-refractivity contribution in [3.8, 4) is 0 Å². The first-order valence-electron chi connectivity index (χ1n) is 5.16. The molecular formula is C12H9BrFN3O. The minimum atomic E-state index is -0.350. The summed E-state index contributed by atoms with van der Waals surface area (Å²) in [5.41, 5.74) is 0.699. The highest BCUT2D eigenvalue weighted by Crippen LogP contribution is 2.18. The number of nitrogens with one attached hydrogen (secondary N) is 1. The number of nitrogens with zero attached hydrogens (tertiary/aromatic N) is 2. The summed E-state index contributed by atoms with van der Waals surface area (Å²) >= 11 is 3.21. The second-order valence-electron chi connectivity index (χ2n) is 3.53. The maximum absolute atomic E-state index is 12.9. The molecule has 6 heteroatoms. The van der Waals surface area contributed by atoms with Crippen LogP contribution in [0.25, 0.3) is 0 Å². The Balaban J connectivity index is 2.03. The van der Waals surface area contributed by atoms with Gasteiger partial charge in [0.05, 0.1) is 6.42 Å². The molecule has 1 aromatic heterocycles. The summed E-state index contributed by atoms with van der Waals surface area (Å²) in [6.07, 6.45) is 3.20. The highest BCUT2D eigenvalue weighted by atomic mass is 79.9. The van der Waals surface area contributed by atoms with E-state index in [2.05, 4.69) is 31.2 Å². The number of hydrogen-bond acceptors (Lipinski definition) is 3. The van der Waals surface area contributed by atoms with Crippen LogP contribution in [0, 0.1) is 5.82 Å². The van der Waals surface area contributed by atoms with Gasteiger partial charge in [-0.1, -0.05) is 22.0 Å². The Morgan fingerprint density at radius 3 is 2.72 bits per heavy atom. The Kier molecular flexibility index (Phi) is 3.99. The van der Waals surface area contributed by atoms with Crippen LogP contribution in [0.1, 0.15) is 5.56 Å². The molecule has 92 valence electrons. The minimum Gasteiger partial charge on any atom is -0.294 e. The third-order valence-corrected chi connectivity index (χ3v) is 2.92. The second-order valence-corrected chi connectivity index (χ2v) is 4.39. The fraction of sp³-hybridized carbons (Fsp3) is 0.0833. The number of halogens is 2. The molecule has 0 unspecified atom stereocenters. The molecule has 0 aliphatic carbocycles. The summed E-state index contributed by atoms with van der Waals surface area (Å²) in [4.78, 5) is 19.5. The summed E-state index contributed by atoms with van der Waals surface area (Å²) < 4.78 is 13.4. The Bertz CT molecular complexity index is 563. The molecular weight excluding hydrogens is 301 g/mol. The van der Waals surface area contributed by atoms with Crippen molar-refractivity contribution in [2.45, 2.75) is 6.42 Å². The van der Waals surface area contributed by atoms with Crippen molar-refractivity contribution in [2.75, 3.05) is 5.32 Å². The topological polar surface area (TPSA) is 54.9 Å². The zero-order valence-electron chi connectivity index (χ0n) is 9.23. The third-order valence-electron chi connectivity index (χ3n) is 2.18. The Hall–Kier alpha value is -1.82. The first-order valence-corrected chi connectivity index (χ1v) is 5.95. The van der Waals surface area contributed by atoms with Gasteiger partial charge in [0.1, 0.15) is 5.82 Å². The lowest BCUT2D eigenvalue weighted by atomic mass is 10.1. The van der Waals surface area contributed by atoms with E-state index in [4.69, 9.17) is 0 Å². The molecule has 2 aromatic rings. The van der Waals surface area contributed by atoms with Gasteiger partial charge in [0, 0.05) is 16.9 Å². The van der Waals surface area contributed by atoms with Crippen molar-refractivity contribution in [3.05, 3.63) is 52.5 Å². The Labute approximate surface area is 111 Å². The molecule has 0 spiro atoms. The van der Waals surface area contributed by atoms with Crippen LogP contribution in [-0.4, -0.2) is 15.9 Å². The largest absolute Gasteiger partial charge is 0.294 e. The fourth-order valence-corrected chi connectivity index (χ4v) is 1.86. The predicted molar refractivity (Wildman–Crippen MR) is 68.5 cm³/mol. The predicted octanol–water partition coefficient (Wildman–Crippen LogP) is 2.56. The van der Waals surface area contributed by atoms with E-state index in [0.29, 0.717) is 10.0 Å². The molecule has 0 bridgehead atoms. The van der Waals surface area contributed by atoms with Crippen molar-refractivity contribution in [3.63, 3.8) is 0 Å². The average Bonchev–Trinajstić information content (AvgIpc) is 2.34. The molecule has 4 nitrogen and oxygen atoms in total. The van der Waals surface area contributed by atoms with Crippen LogP contribution >= 0.6 is 15.9 Å². The van der Waals surface area contributed by atoms with E-state index in [1.807, 2.05) is 0 Å². The Morgan fingerprint density at radius 1 is 1.33 bits per heavy atom. The number of benzene rings is 1. The first kappa shape index (κ1) is 12.6. The van der Waals surface area contributed by atoms with Crippen molar-refractivity contribution >= 4 is 27.8 Å². The smallest absolute Gasteiger partial charge is 0.231 e. The number of carbonyl (C=O) groups is 1. The van der Waals surface area contributed by atoms with Crippen LogP contribution in [0.2, 0.25) is 0 Å². The molecule has 0 saturated heterocycles. The van der Waals surface area contributed by atoms with Crippen molar-refractivity contribution in [1.29, 1.82) is 0 Å². The minimum absolute atomic E-state index is 0.124. The summed E-state index contributed by atoms with van der Waals surface area (Å²) in [6.45, 7) is 0. The zero-order chi connectivity index (χ0) is 13.0. The molecule has 1 amide bonds. The highest BCUT2D eigenvalue weighted by Gasteiger charge is 2.08. The monoisotopic (exact) mass is 309 g/mol. The van der Waals surface area contributed by atoms with Crippen molar-refractivity contribution < 1.29 is 9.18 Å². The van der Waals surface area contributed by atoms with Gasteiger partial charge in [-0.3, -0.25) is 10.1 Å². The molecule has 0 radical (unpaired) electrons. The van der Waals surface area contributed by atoms with Gasteiger partial charge < -0.3 is 0 Å². The van der Waals surface area contributed by atoms with Gasteiger partial charge in [-0.2, -0.15) is 0 Å². The maximum Gasteiger partial charge on any atom is 0.231 e.